The molecule has 0 saturated carbocycles. The van der Waals surface area contributed by atoms with Crippen LogP contribution in [0.3, 0.4) is 0 Å². The monoisotopic (exact) mass is 209 g/mol. The van der Waals surface area contributed by atoms with E-state index in [-0.39, 0.29) is 25.3 Å². The largest absolute Gasteiger partial charge is 0.395 e. The number of aliphatic hydroxyl groups is 2. The van der Waals surface area contributed by atoms with Crippen LogP contribution in [0.5, 0.6) is 0 Å². The Morgan fingerprint density at radius 3 is 2.20 bits per heavy atom. The number of nitrogens with one attached hydrogen (secondary N) is 1. The molecule has 0 radical (unpaired) electrons. The van der Waals surface area contributed by atoms with E-state index in [4.69, 9.17) is 10.2 Å². The van der Waals surface area contributed by atoms with Gasteiger partial charge in [-0.3, -0.25) is 0 Å². The third kappa shape index (κ3) is 3.63. The van der Waals surface area contributed by atoms with E-state index >= 15 is 0 Å². The highest BCUT2D eigenvalue weighted by Gasteiger charge is 2.13. The van der Waals surface area contributed by atoms with Gasteiger partial charge in [0.2, 0.25) is 0 Å². The average molecular weight is 209 g/mol. The van der Waals surface area contributed by atoms with Gasteiger partial charge in [0.1, 0.15) is 0 Å². The molecule has 0 saturated heterocycles. The van der Waals surface area contributed by atoms with Gasteiger partial charge in [0.25, 0.3) is 0 Å². The highest BCUT2D eigenvalue weighted by atomic mass is 16.3. The molecule has 3 heteroatoms. The van der Waals surface area contributed by atoms with Gasteiger partial charge in [-0.05, 0) is 12.0 Å². The summed E-state index contributed by atoms with van der Waals surface area (Å²) in [5, 5.41) is 21.2. The lowest BCUT2D eigenvalue weighted by Crippen LogP contribution is -2.38. The molecule has 3 nitrogen and oxygen atoms in total. The first-order valence-corrected chi connectivity index (χ1v) is 5.34. The zero-order valence-corrected chi connectivity index (χ0v) is 9.06. The smallest absolute Gasteiger partial charge is 0.0607 e. The Kier molecular flexibility index (Phi) is 5.32. The number of benzene rings is 1. The molecule has 0 bridgehead atoms. The minimum Gasteiger partial charge on any atom is -0.395 e. The van der Waals surface area contributed by atoms with Crippen LogP contribution in [0, 0.1) is 0 Å². The maximum Gasteiger partial charge on any atom is 0.0607 e. The van der Waals surface area contributed by atoms with E-state index in [1.807, 2.05) is 30.3 Å². The van der Waals surface area contributed by atoms with E-state index in [2.05, 4.69) is 12.2 Å². The van der Waals surface area contributed by atoms with Gasteiger partial charge in [-0.2, -0.15) is 0 Å². The van der Waals surface area contributed by atoms with Crippen LogP contribution in [0.25, 0.3) is 0 Å². The predicted molar refractivity (Wildman–Crippen MR) is 60.6 cm³/mol. The van der Waals surface area contributed by atoms with Gasteiger partial charge >= 0.3 is 0 Å². The molecule has 0 spiro atoms. The maximum absolute atomic E-state index is 8.99. The Labute approximate surface area is 90.8 Å². The van der Waals surface area contributed by atoms with E-state index in [0.29, 0.717) is 0 Å². The van der Waals surface area contributed by atoms with Crippen LogP contribution >= 0.6 is 0 Å². The van der Waals surface area contributed by atoms with Crippen molar-refractivity contribution in [2.24, 2.45) is 0 Å². The second-order valence-electron chi connectivity index (χ2n) is 3.60. The quantitative estimate of drug-likeness (QED) is 0.657. The van der Waals surface area contributed by atoms with Gasteiger partial charge in [-0.1, -0.05) is 37.3 Å². The van der Waals surface area contributed by atoms with Gasteiger partial charge in [-0.25, -0.2) is 0 Å². The molecule has 0 aliphatic rings. The number of hydrogen-bond donors (Lipinski definition) is 3. The van der Waals surface area contributed by atoms with Gasteiger partial charge < -0.3 is 15.5 Å². The lowest BCUT2D eigenvalue weighted by molar-refractivity contribution is 0.161. The van der Waals surface area contributed by atoms with Gasteiger partial charge in [0.05, 0.1) is 19.3 Å². The topological polar surface area (TPSA) is 52.5 Å². The minimum absolute atomic E-state index is 0.0418. The summed E-state index contributed by atoms with van der Waals surface area (Å²) in [5.41, 5.74) is 1.19. The summed E-state index contributed by atoms with van der Waals surface area (Å²) in [6.07, 6.45) is 0.931. The van der Waals surface area contributed by atoms with Crippen molar-refractivity contribution in [1.82, 2.24) is 5.32 Å². The van der Waals surface area contributed by atoms with Crippen molar-refractivity contribution < 1.29 is 10.2 Å². The molecule has 0 aromatic heterocycles. The molecule has 1 rings (SSSR count). The van der Waals surface area contributed by atoms with Crippen LogP contribution in [0.4, 0.5) is 0 Å². The minimum atomic E-state index is -0.241. The summed E-state index contributed by atoms with van der Waals surface area (Å²) in [5.74, 6) is 0. The first-order chi connectivity index (χ1) is 7.31. The van der Waals surface area contributed by atoms with Crippen molar-refractivity contribution in [1.29, 1.82) is 0 Å². The summed E-state index contributed by atoms with van der Waals surface area (Å²) in [6.45, 7) is 2.00. The maximum atomic E-state index is 8.99. The second kappa shape index (κ2) is 6.56. The fraction of sp³-hybridized carbons (Fsp3) is 0.500. The molecule has 1 unspecified atom stereocenters. The lowest BCUT2D eigenvalue weighted by atomic mass is 10.0. The lowest BCUT2D eigenvalue weighted by Gasteiger charge is -2.22. The SMILES string of the molecule is CCC(NC(CO)CO)c1ccccc1. The summed E-state index contributed by atoms with van der Waals surface area (Å²) < 4.78 is 0. The highest BCUT2D eigenvalue weighted by Crippen LogP contribution is 2.16. The zero-order valence-electron chi connectivity index (χ0n) is 9.06. The Hall–Kier alpha value is -0.900. The molecule has 84 valence electrons. The van der Waals surface area contributed by atoms with Crippen molar-refractivity contribution in [2.45, 2.75) is 25.4 Å². The molecule has 0 amide bonds. The molecule has 1 aromatic rings. The van der Waals surface area contributed by atoms with Gasteiger partial charge in [-0.15, -0.1) is 0 Å². The number of rotatable bonds is 6. The van der Waals surface area contributed by atoms with E-state index in [0.717, 1.165) is 6.42 Å². The Morgan fingerprint density at radius 1 is 1.13 bits per heavy atom. The molecule has 0 aliphatic carbocycles. The first kappa shape index (κ1) is 12.2. The number of hydrogen-bond acceptors (Lipinski definition) is 3. The summed E-state index contributed by atoms with van der Waals surface area (Å²) >= 11 is 0. The Balaban J connectivity index is 2.64. The van der Waals surface area contributed by atoms with Crippen molar-refractivity contribution in [3.63, 3.8) is 0 Å². The van der Waals surface area contributed by atoms with E-state index in [1.165, 1.54) is 5.56 Å². The zero-order chi connectivity index (χ0) is 11.1. The van der Waals surface area contributed by atoms with Crippen LogP contribution in [-0.2, 0) is 0 Å². The first-order valence-electron chi connectivity index (χ1n) is 5.34. The van der Waals surface area contributed by atoms with Crippen molar-refractivity contribution in [2.75, 3.05) is 13.2 Å². The van der Waals surface area contributed by atoms with Crippen molar-refractivity contribution in [3.8, 4) is 0 Å². The fourth-order valence-corrected chi connectivity index (χ4v) is 1.58. The summed E-state index contributed by atoms with van der Waals surface area (Å²) in [6, 6.07) is 10.0. The van der Waals surface area contributed by atoms with E-state index < -0.39 is 0 Å². The van der Waals surface area contributed by atoms with Gasteiger partial charge in [0.15, 0.2) is 0 Å². The standard InChI is InChI=1S/C12H19NO2/c1-2-12(13-11(8-14)9-15)10-6-4-3-5-7-10/h3-7,11-15H,2,8-9H2,1H3. The van der Waals surface area contributed by atoms with Gasteiger partial charge in [0, 0.05) is 6.04 Å². The van der Waals surface area contributed by atoms with Crippen LogP contribution in [0.2, 0.25) is 0 Å². The van der Waals surface area contributed by atoms with Crippen LogP contribution in [-0.4, -0.2) is 29.5 Å². The third-order valence-electron chi connectivity index (χ3n) is 2.49. The summed E-state index contributed by atoms with van der Waals surface area (Å²) in [4.78, 5) is 0. The van der Waals surface area contributed by atoms with Crippen LogP contribution in [0.15, 0.2) is 30.3 Å². The molecule has 0 fully saturated rings. The predicted octanol–water partition coefficient (Wildman–Crippen LogP) is 1.08. The molecule has 1 aromatic carbocycles. The van der Waals surface area contributed by atoms with E-state index in [1.54, 1.807) is 0 Å². The molecule has 0 aliphatic heterocycles. The highest BCUT2D eigenvalue weighted by molar-refractivity contribution is 5.18. The van der Waals surface area contributed by atoms with E-state index in [9.17, 15) is 0 Å². The van der Waals surface area contributed by atoms with Crippen LogP contribution < -0.4 is 5.32 Å². The van der Waals surface area contributed by atoms with Crippen LogP contribution in [0.1, 0.15) is 24.9 Å². The molecule has 1 atom stereocenters. The fourth-order valence-electron chi connectivity index (χ4n) is 1.58. The number of aliphatic hydroxyl groups excluding tert-OH is 2. The third-order valence-corrected chi connectivity index (χ3v) is 2.49. The van der Waals surface area contributed by atoms with Crippen molar-refractivity contribution in [3.05, 3.63) is 35.9 Å². The molecule has 0 heterocycles. The van der Waals surface area contributed by atoms with Crippen molar-refractivity contribution >= 4 is 0 Å². The molecular formula is C12H19NO2. The Bertz CT molecular complexity index is 260. The molecule has 3 N–H and O–H groups in total. The second-order valence-corrected chi connectivity index (χ2v) is 3.60. The average Bonchev–Trinajstić information content (AvgIpc) is 2.32. The Morgan fingerprint density at radius 2 is 1.73 bits per heavy atom. The molecular weight excluding hydrogens is 190 g/mol. The normalized spacial score (nSPS) is 13.1. The summed E-state index contributed by atoms with van der Waals surface area (Å²) in [7, 11) is 0. The molecule has 15 heavy (non-hydrogen) atoms.